The topological polar surface area (TPSA) is 58.0 Å². The fourth-order valence-electron chi connectivity index (χ4n) is 4.71. The maximum Gasteiger partial charge on any atom is 0.151 e. The Morgan fingerprint density at radius 1 is 0.960 bits per heavy atom. The van der Waals surface area contributed by atoms with Crippen LogP contribution < -0.4 is 9.80 Å². The van der Waals surface area contributed by atoms with Crippen LogP contribution in [0.5, 0.6) is 0 Å². The first-order chi connectivity index (χ1) is 12.3. The molecule has 130 valence electrons. The van der Waals surface area contributed by atoms with E-state index in [0.29, 0.717) is 11.8 Å². The molecular weight excluding hydrogens is 312 g/mol. The molecule has 2 atom stereocenters. The van der Waals surface area contributed by atoms with Crippen LogP contribution in [0, 0.1) is 18.8 Å². The average molecular weight is 336 g/mol. The standard InChI is InChI=1S/C19H24N6/c1-13-7-20-12-21-19(13)25-10-15-8-24(9-16(15)11-25)18-6-14-4-2-3-5-17(14)22-23-18/h6-7,12,15-16H,2-5,8-11H2,1H3. The zero-order chi connectivity index (χ0) is 16.8. The van der Waals surface area contributed by atoms with Gasteiger partial charge in [-0.25, -0.2) is 9.97 Å². The molecule has 2 unspecified atom stereocenters. The molecule has 0 spiro atoms. The molecule has 3 aliphatic rings. The van der Waals surface area contributed by atoms with E-state index in [1.165, 1.54) is 36.1 Å². The molecule has 2 aromatic rings. The molecule has 0 aromatic carbocycles. The molecular formula is C19H24N6. The smallest absolute Gasteiger partial charge is 0.151 e. The van der Waals surface area contributed by atoms with E-state index in [2.05, 4.69) is 43.0 Å². The lowest BCUT2D eigenvalue weighted by Crippen LogP contribution is -2.30. The van der Waals surface area contributed by atoms with Crippen molar-refractivity contribution in [3.8, 4) is 0 Å². The lowest BCUT2D eigenvalue weighted by molar-refractivity contribution is 0.533. The van der Waals surface area contributed by atoms with Crippen LogP contribution in [0.4, 0.5) is 11.6 Å². The maximum atomic E-state index is 4.53. The summed E-state index contributed by atoms with van der Waals surface area (Å²) in [7, 11) is 0. The Hall–Kier alpha value is -2.24. The molecule has 5 rings (SSSR count). The summed E-state index contributed by atoms with van der Waals surface area (Å²) < 4.78 is 0. The highest BCUT2D eigenvalue weighted by Crippen LogP contribution is 2.36. The lowest BCUT2D eigenvalue weighted by Gasteiger charge is -2.24. The summed E-state index contributed by atoms with van der Waals surface area (Å²) in [5.74, 6) is 3.56. The zero-order valence-electron chi connectivity index (χ0n) is 14.7. The van der Waals surface area contributed by atoms with E-state index in [0.717, 1.165) is 44.2 Å². The van der Waals surface area contributed by atoms with Gasteiger partial charge in [0.15, 0.2) is 5.82 Å². The summed E-state index contributed by atoms with van der Waals surface area (Å²) in [4.78, 5) is 13.5. The largest absolute Gasteiger partial charge is 0.356 e. The summed E-state index contributed by atoms with van der Waals surface area (Å²) in [5.41, 5.74) is 3.81. The molecule has 6 nitrogen and oxygen atoms in total. The highest BCUT2D eigenvalue weighted by atomic mass is 15.3. The second kappa shape index (κ2) is 5.93. The number of fused-ring (bicyclic) bond motifs is 2. The van der Waals surface area contributed by atoms with Crippen LogP contribution in [0.1, 0.15) is 29.7 Å². The molecule has 0 bridgehead atoms. The van der Waals surface area contributed by atoms with Crippen molar-refractivity contribution < 1.29 is 0 Å². The molecule has 0 saturated carbocycles. The van der Waals surface area contributed by atoms with Gasteiger partial charge in [-0.05, 0) is 44.2 Å². The summed E-state index contributed by atoms with van der Waals surface area (Å²) in [5, 5.41) is 9.05. The van der Waals surface area contributed by atoms with E-state index in [1.54, 1.807) is 6.33 Å². The molecule has 0 radical (unpaired) electrons. The van der Waals surface area contributed by atoms with Crippen LogP contribution in [-0.4, -0.2) is 46.3 Å². The minimum atomic E-state index is 0.687. The summed E-state index contributed by atoms with van der Waals surface area (Å²) in [6.45, 7) is 6.42. The van der Waals surface area contributed by atoms with E-state index >= 15 is 0 Å². The van der Waals surface area contributed by atoms with Crippen LogP contribution in [0.25, 0.3) is 0 Å². The van der Waals surface area contributed by atoms with Crippen molar-refractivity contribution in [1.82, 2.24) is 20.2 Å². The number of hydrogen-bond acceptors (Lipinski definition) is 6. The molecule has 4 heterocycles. The van der Waals surface area contributed by atoms with Crippen molar-refractivity contribution in [2.45, 2.75) is 32.6 Å². The highest BCUT2D eigenvalue weighted by Gasteiger charge is 2.41. The first kappa shape index (κ1) is 15.0. The van der Waals surface area contributed by atoms with Crippen molar-refractivity contribution in [2.75, 3.05) is 36.0 Å². The lowest BCUT2D eigenvalue weighted by atomic mass is 9.97. The van der Waals surface area contributed by atoms with Crippen molar-refractivity contribution in [3.63, 3.8) is 0 Å². The summed E-state index contributed by atoms with van der Waals surface area (Å²) in [6, 6.07) is 2.30. The number of rotatable bonds is 2. The SMILES string of the molecule is Cc1cncnc1N1CC2CN(c3cc4c(nn3)CCCC4)CC2C1. The maximum absolute atomic E-state index is 4.53. The van der Waals surface area contributed by atoms with Crippen molar-refractivity contribution in [2.24, 2.45) is 11.8 Å². The Morgan fingerprint density at radius 3 is 2.52 bits per heavy atom. The molecule has 2 fully saturated rings. The predicted molar refractivity (Wildman–Crippen MR) is 96.8 cm³/mol. The van der Waals surface area contributed by atoms with Gasteiger partial charge in [0.1, 0.15) is 12.1 Å². The number of hydrogen-bond donors (Lipinski definition) is 0. The van der Waals surface area contributed by atoms with Gasteiger partial charge in [-0.2, -0.15) is 5.10 Å². The first-order valence-electron chi connectivity index (χ1n) is 9.40. The third-order valence-electron chi connectivity index (χ3n) is 6.03. The van der Waals surface area contributed by atoms with Gasteiger partial charge in [-0.1, -0.05) is 0 Å². The van der Waals surface area contributed by atoms with Gasteiger partial charge in [0.05, 0.1) is 5.69 Å². The summed E-state index contributed by atoms with van der Waals surface area (Å²) in [6.07, 6.45) is 8.38. The van der Waals surface area contributed by atoms with Crippen LogP contribution in [0.2, 0.25) is 0 Å². The minimum absolute atomic E-state index is 0.687. The molecule has 6 heteroatoms. The normalized spacial score (nSPS) is 25.2. The Balaban J connectivity index is 1.30. The van der Waals surface area contributed by atoms with Crippen molar-refractivity contribution >= 4 is 11.6 Å². The van der Waals surface area contributed by atoms with Gasteiger partial charge in [0.25, 0.3) is 0 Å². The molecule has 0 amide bonds. The van der Waals surface area contributed by atoms with Gasteiger partial charge in [-0.3, -0.25) is 0 Å². The molecule has 2 saturated heterocycles. The molecule has 1 aliphatic carbocycles. The number of aromatic nitrogens is 4. The van der Waals surface area contributed by atoms with Gasteiger partial charge >= 0.3 is 0 Å². The van der Waals surface area contributed by atoms with E-state index in [1.807, 2.05) is 6.20 Å². The van der Waals surface area contributed by atoms with Gasteiger partial charge < -0.3 is 9.80 Å². The van der Waals surface area contributed by atoms with Crippen molar-refractivity contribution in [1.29, 1.82) is 0 Å². The second-order valence-electron chi connectivity index (χ2n) is 7.74. The number of aryl methyl sites for hydroxylation is 3. The molecule has 25 heavy (non-hydrogen) atoms. The average Bonchev–Trinajstić information content (AvgIpc) is 3.21. The Morgan fingerprint density at radius 2 is 1.72 bits per heavy atom. The van der Waals surface area contributed by atoms with Crippen LogP contribution in [0.15, 0.2) is 18.6 Å². The fraction of sp³-hybridized carbons (Fsp3) is 0.579. The number of nitrogens with zero attached hydrogens (tertiary/aromatic N) is 6. The van der Waals surface area contributed by atoms with Gasteiger partial charge in [-0.15, -0.1) is 5.10 Å². The van der Waals surface area contributed by atoms with E-state index in [4.69, 9.17) is 0 Å². The van der Waals surface area contributed by atoms with E-state index in [9.17, 15) is 0 Å². The highest BCUT2D eigenvalue weighted by molar-refractivity contribution is 5.48. The van der Waals surface area contributed by atoms with Gasteiger partial charge in [0.2, 0.25) is 0 Å². The quantitative estimate of drug-likeness (QED) is 0.836. The Kier molecular flexibility index (Phi) is 3.57. The van der Waals surface area contributed by atoms with Crippen LogP contribution in [0.3, 0.4) is 0 Å². The predicted octanol–water partition coefficient (Wildman–Crippen LogP) is 2.03. The second-order valence-corrected chi connectivity index (χ2v) is 7.74. The minimum Gasteiger partial charge on any atom is -0.356 e. The fourth-order valence-corrected chi connectivity index (χ4v) is 4.71. The van der Waals surface area contributed by atoms with Crippen LogP contribution in [-0.2, 0) is 12.8 Å². The third-order valence-corrected chi connectivity index (χ3v) is 6.03. The van der Waals surface area contributed by atoms with Gasteiger partial charge in [0, 0.05) is 49.8 Å². The van der Waals surface area contributed by atoms with E-state index in [-0.39, 0.29) is 0 Å². The summed E-state index contributed by atoms with van der Waals surface area (Å²) >= 11 is 0. The van der Waals surface area contributed by atoms with E-state index < -0.39 is 0 Å². The van der Waals surface area contributed by atoms with Crippen molar-refractivity contribution in [3.05, 3.63) is 35.4 Å². The number of anilines is 2. The Bertz CT molecular complexity index is 777. The zero-order valence-corrected chi connectivity index (χ0v) is 14.7. The molecule has 2 aromatic heterocycles. The third kappa shape index (κ3) is 2.64. The Labute approximate surface area is 148 Å². The monoisotopic (exact) mass is 336 g/mol. The first-order valence-corrected chi connectivity index (χ1v) is 9.40. The molecule has 0 N–H and O–H groups in total. The van der Waals surface area contributed by atoms with Crippen LogP contribution >= 0.6 is 0 Å². The molecule has 2 aliphatic heterocycles.